The monoisotopic (exact) mass is 491 g/mol. The van der Waals surface area contributed by atoms with E-state index in [9.17, 15) is 9.59 Å². The van der Waals surface area contributed by atoms with Crippen molar-refractivity contribution < 1.29 is 28.6 Å². The number of hydrogen-bond donors (Lipinski definition) is 0. The van der Waals surface area contributed by atoms with E-state index in [2.05, 4.69) is 30.3 Å². The highest BCUT2D eigenvalue weighted by molar-refractivity contribution is 5.89. The van der Waals surface area contributed by atoms with Gasteiger partial charge in [0.25, 0.3) is 0 Å². The van der Waals surface area contributed by atoms with Crippen molar-refractivity contribution in [3.05, 3.63) is 83.4 Å². The Morgan fingerprint density at radius 1 is 0.972 bits per heavy atom. The summed E-state index contributed by atoms with van der Waals surface area (Å²) in [5, 5.41) is 3.95. The number of methoxy groups -OCH3 is 1. The summed E-state index contributed by atoms with van der Waals surface area (Å²) in [6.45, 7) is 6.76. The first-order valence-corrected chi connectivity index (χ1v) is 12.2. The van der Waals surface area contributed by atoms with Crippen molar-refractivity contribution in [1.82, 2.24) is 5.06 Å². The van der Waals surface area contributed by atoms with E-state index in [0.29, 0.717) is 31.7 Å². The van der Waals surface area contributed by atoms with Crippen LogP contribution in [-0.2, 0) is 25.7 Å². The van der Waals surface area contributed by atoms with E-state index in [1.165, 1.54) is 12.5 Å². The van der Waals surface area contributed by atoms with Crippen LogP contribution < -0.4 is 0 Å². The molecule has 1 aliphatic rings. The summed E-state index contributed by atoms with van der Waals surface area (Å²) in [4.78, 5) is 29.6. The number of nitrogens with zero attached hydrogens (tertiary/aromatic N) is 1. The predicted molar refractivity (Wildman–Crippen MR) is 137 cm³/mol. The van der Waals surface area contributed by atoms with E-state index in [1.807, 2.05) is 24.3 Å². The van der Waals surface area contributed by atoms with Crippen molar-refractivity contribution in [3.63, 3.8) is 0 Å². The van der Waals surface area contributed by atoms with Gasteiger partial charge in [-0.3, -0.25) is 0 Å². The largest absolute Gasteiger partial charge is 0.528 e. The SMILES string of the molecule is COC(=O)c1ccc(C2CCN(OC(=O)OC(C)(C)C)CC2OCc2ccc3ccccc3c2)cc1. The molecular formula is C29H33NO6. The third-order valence-corrected chi connectivity index (χ3v) is 6.15. The summed E-state index contributed by atoms with van der Waals surface area (Å²) in [6.07, 6.45) is -0.253. The smallest absolute Gasteiger partial charge is 0.465 e. The van der Waals surface area contributed by atoms with Crippen LogP contribution in [0.1, 0.15) is 54.6 Å². The maximum atomic E-state index is 12.2. The average molecular weight is 492 g/mol. The van der Waals surface area contributed by atoms with Gasteiger partial charge in [0.1, 0.15) is 5.60 Å². The van der Waals surface area contributed by atoms with Crippen LogP contribution in [0, 0.1) is 0 Å². The molecule has 0 bridgehead atoms. The number of ether oxygens (including phenoxy) is 3. The second kappa shape index (κ2) is 11.1. The second-order valence-electron chi connectivity index (χ2n) is 9.98. The Morgan fingerprint density at radius 2 is 1.69 bits per heavy atom. The lowest BCUT2D eigenvalue weighted by atomic mass is 9.87. The van der Waals surface area contributed by atoms with Crippen LogP contribution in [0.5, 0.6) is 0 Å². The molecule has 2 atom stereocenters. The summed E-state index contributed by atoms with van der Waals surface area (Å²) in [6, 6.07) is 21.9. The van der Waals surface area contributed by atoms with E-state index in [-0.39, 0.29) is 18.0 Å². The number of piperidine rings is 1. The molecule has 0 amide bonds. The van der Waals surface area contributed by atoms with Gasteiger partial charge in [-0.1, -0.05) is 48.5 Å². The third-order valence-electron chi connectivity index (χ3n) is 6.15. The van der Waals surface area contributed by atoms with Crippen LogP contribution in [0.3, 0.4) is 0 Å². The molecule has 1 aliphatic heterocycles. The molecule has 0 aliphatic carbocycles. The zero-order valence-electron chi connectivity index (χ0n) is 21.2. The van der Waals surface area contributed by atoms with Gasteiger partial charge in [0.15, 0.2) is 0 Å². The standard InChI is InChI=1S/C29H33NO6/c1-29(2,3)35-28(32)36-30-16-15-25(22-11-13-23(14-12-22)27(31)33-4)26(18-30)34-19-20-9-10-21-7-5-6-8-24(21)17-20/h5-14,17,25-26H,15-16,18-19H2,1-4H3. The van der Waals surface area contributed by atoms with Gasteiger partial charge in [0, 0.05) is 12.5 Å². The van der Waals surface area contributed by atoms with E-state index in [0.717, 1.165) is 16.5 Å². The number of benzene rings is 3. The summed E-state index contributed by atoms with van der Waals surface area (Å²) in [5.74, 6) is -0.304. The number of rotatable bonds is 6. The summed E-state index contributed by atoms with van der Waals surface area (Å²) in [5.41, 5.74) is 1.99. The van der Waals surface area contributed by atoms with Crippen molar-refractivity contribution >= 4 is 22.9 Å². The molecule has 0 saturated carbocycles. The van der Waals surface area contributed by atoms with Gasteiger partial charge in [0.05, 0.1) is 31.9 Å². The minimum Gasteiger partial charge on any atom is -0.465 e. The van der Waals surface area contributed by atoms with Gasteiger partial charge in [-0.25, -0.2) is 9.59 Å². The van der Waals surface area contributed by atoms with Crippen LogP contribution in [-0.4, -0.2) is 49.1 Å². The lowest BCUT2D eigenvalue weighted by Gasteiger charge is -2.37. The average Bonchev–Trinajstić information content (AvgIpc) is 2.86. The van der Waals surface area contributed by atoms with E-state index in [4.69, 9.17) is 19.0 Å². The van der Waals surface area contributed by atoms with Crippen molar-refractivity contribution in [1.29, 1.82) is 0 Å². The molecule has 3 aromatic rings. The fourth-order valence-electron chi connectivity index (χ4n) is 4.41. The van der Waals surface area contributed by atoms with Gasteiger partial charge in [0.2, 0.25) is 0 Å². The van der Waals surface area contributed by atoms with Gasteiger partial charge in [-0.2, -0.15) is 0 Å². The normalized spacial score (nSPS) is 18.6. The minimum absolute atomic E-state index is 0.0654. The van der Waals surface area contributed by atoms with Crippen LogP contribution >= 0.6 is 0 Å². The third kappa shape index (κ3) is 6.62. The molecule has 0 N–H and O–H groups in total. The molecule has 0 spiro atoms. The lowest BCUT2D eigenvalue weighted by molar-refractivity contribution is -0.179. The molecule has 0 aromatic heterocycles. The fraction of sp³-hybridized carbons (Fsp3) is 0.379. The van der Waals surface area contributed by atoms with Crippen molar-refractivity contribution in [2.75, 3.05) is 20.2 Å². The molecule has 1 saturated heterocycles. The Bertz CT molecular complexity index is 1200. The predicted octanol–water partition coefficient (Wildman–Crippen LogP) is 5.87. The van der Waals surface area contributed by atoms with Crippen LogP contribution in [0.4, 0.5) is 4.79 Å². The van der Waals surface area contributed by atoms with E-state index in [1.54, 1.807) is 38.0 Å². The fourth-order valence-corrected chi connectivity index (χ4v) is 4.41. The molecule has 0 radical (unpaired) electrons. The molecule has 1 heterocycles. The second-order valence-corrected chi connectivity index (χ2v) is 9.98. The first-order valence-electron chi connectivity index (χ1n) is 12.2. The molecule has 2 unspecified atom stereocenters. The maximum Gasteiger partial charge on any atom is 0.528 e. The number of carbonyl (C=O) groups excluding carboxylic acids is 2. The molecule has 3 aromatic carbocycles. The van der Waals surface area contributed by atoms with Crippen LogP contribution in [0.25, 0.3) is 10.8 Å². The van der Waals surface area contributed by atoms with Gasteiger partial charge < -0.3 is 19.0 Å². The first kappa shape index (κ1) is 25.7. The van der Waals surface area contributed by atoms with Crippen LogP contribution in [0.2, 0.25) is 0 Å². The maximum absolute atomic E-state index is 12.2. The minimum atomic E-state index is -0.725. The van der Waals surface area contributed by atoms with Gasteiger partial charge in [-0.05, 0) is 67.3 Å². The number of esters is 1. The Morgan fingerprint density at radius 3 is 2.39 bits per heavy atom. The van der Waals surface area contributed by atoms with E-state index >= 15 is 0 Å². The molecule has 4 rings (SSSR count). The Labute approximate surface area is 211 Å². The Kier molecular flexibility index (Phi) is 7.91. The Balaban J connectivity index is 1.50. The molecule has 7 heteroatoms. The molecule has 190 valence electrons. The van der Waals surface area contributed by atoms with Gasteiger partial charge >= 0.3 is 12.1 Å². The van der Waals surface area contributed by atoms with Crippen molar-refractivity contribution in [2.45, 2.75) is 51.4 Å². The number of fused-ring (bicyclic) bond motifs is 1. The van der Waals surface area contributed by atoms with Crippen LogP contribution in [0.15, 0.2) is 66.7 Å². The molecular weight excluding hydrogens is 458 g/mol. The van der Waals surface area contributed by atoms with Gasteiger partial charge in [-0.15, -0.1) is 5.06 Å². The number of carbonyl (C=O) groups is 2. The first-order chi connectivity index (χ1) is 17.2. The topological polar surface area (TPSA) is 74.3 Å². The molecule has 1 fully saturated rings. The highest BCUT2D eigenvalue weighted by Crippen LogP contribution is 2.32. The lowest BCUT2D eigenvalue weighted by Crippen LogP contribution is -2.45. The van der Waals surface area contributed by atoms with Crippen molar-refractivity contribution in [2.24, 2.45) is 0 Å². The zero-order chi connectivity index (χ0) is 25.7. The summed E-state index contributed by atoms with van der Waals surface area (Å²) < 4.78 is 16.6. The zero-order valence-corrected chi connectivity index (χ0v) is 21.2. The summed E-state index contributed by atoms with van der Waals surface area (Å²) in [7, 11) is 1.37. The number of hydrogen-bond acceptors (Lipinski definition) is 7. The molecule has 7 nitrogen and oxygen atoms in total. The highest BCUT2D eigenvalue weighted by Gasteiger charge is 2.34. The Hall–Kier alpha value is -3.42. The highest BCUT2D eigenvalue weighted by atomic mass is 16.8. The van der Waals surface area contributed by atoms with E-state index < -0.39 is 11.8 Å². The quantitative estimate of drug-likeness (QED) is 0.399. The number of hydroxylamine groups is 2. The molecule has 36 heavy (non-hydrogen) atoms. The van der Waals surface area contributed by atoms with Crippen molar-refractivity contribution in [3.8, 4) is 0 Å². The summed E-state index contributed by atoms with van der Waals surface area (Å²) >= 11 is 0.